The summed E-state index contributed by atoms with van der Waals surface area (Å²) in [5, 5.41) is 11.8. The summed E-state index contributed by atoms with van der Waals surface area (Å²) in [6, 6.07) is 15.1. The van der Waals surface area contributed by atoms with E-state index in [-0.39, 0.29) is 5.54 Å². The second-order valence-electron chi connectivity index (χ2n) is 12.6. The average Bonchev–Trinajstić information content (AvgIpc) is 3.60. The van der Waals surface area contributed by atoms with Gasteiger partial charge in [0.15, 0.2) is 11.3 Å². The number of anilines is 1. The lowest BCUT2D eigenvalue weighted by atomic mass is 9.95. The van der Waals surface area contributed by atoms with Gasteiger partial charge in [-0.15, -0.1) is 10.2 Å². The largest absolute Gasteiger partial charge is 0.461 e. The smallest absolute Gasteiger partial charge is 0.319 e. The summed E-state index contributed by atoms with van der Waals surface area (Å²) in [5.74, 6) is 2.22. The Morgan fingerprint density at radius 1 is 1.02 bits per heavy atom. The number of aryl methyl sites for hydroxylation is 1. The number of fused-ring (bicyclic) bond motifs is 5. The summed E-state index contributed by atoms with van der Waals surface area (Å²) < 4.78 is 20.8. The minimum absolute atomic E-state index is 0.246. The molecule has 2 unspecified atom stereocenters. The monoisotopic (exact) mass is 538 g/mol. The summed E-state index contributed by atoms with van der Waals surface area (Å²) in [5.41, 5.74) is 4.23. The molecule has 5 heterocycles. The fourth-order valence-electron chi connectivity index (χ4n) is 8.02. The van der Waals surface area contributed by atoms with Gasteiger partial charge >= 0.3 is 6.01 Å². The molecule has 8 heteroatoms. The van der Waals surface area contributed by atoms with Gasteiger partial charge in [0.1, 0.15) is 18.3 Å². The lowest BCUT2D eigenvalue weighted by Gasteiger charge is -2.33. The lowest BCUT2D eigenvalue weighted by Crippen LogP contribution is -2.43. The fraction of sp³-hybridized carbons (Fsp3) is 0.500. The number of alkyl halides is 1. The number of ether oxygens (including phenoxy) is 1. The number of piperidine rings is 1. The van der Waals surface area contributed by atoms with Crippen LogP contribution in [0.15, 0.2) is 42.5 Å². The second-order valence-corrected chi connectivity index (χ2v) is 12.6. The molecule has 40 heavy (non-hydrogen) atoms. The van der Waals surface area contributed by atoms with E-state index in [4.69, 9.17) is 24.9 Å². The SMILES string of the molecule is Cc1cc(-c2cc3nc(OC[C@@]45CCCN4C[C@H](F)C5)nc(N4CC5CCC(C5)C4)c3nn2)c2ccccc2c1. The number of rotatable bonds is 5. The Bertz CT molecular complexity index is 1600. The van der Waals surface area contributed by atoms with Crippen molar-refractivity contribution in [2.75, 3.05) is 37.7 Å². The molecule has 2 aromatic heterocycles. The van der Waals surface area contributed by atoms with Crippen LogP contribution in [0, 0.1) is 18.8 Å². The Morgan fingerprint density at radius 2 is 1.88 bits per heavy atom. The molecule has 4 atom stereocenters. The quantitative estimate of drug-likeness (QED) is 0.321. The van der Waals surface area contributed by atoms with Crippen LogP contribution in [0.1, 0.15) is 44.1 Å². The molecule has 2 aromatic carbocycles. The van der Waals surface area contributed by atoms with Gasteiger partial charge in [0.2, 0.25) is 0 Å². The lowest BCUT2D eigenvalue weighted by molar-refractivity contribution is 0.107. The van der Waals surface area contributed by atoms with Crippen molar-refractivity contribution >= 4 is 27.6 Å². The van der Waals surface area contributed by atoms with Crippen LogP contribution >= 0.6 is 0 Å². The molecule has 0 spiro atoms. The standard InChI is InChI=1S/C32H35FN6O/c1-20-11-23-5-2-3-6-25(23)26(12-20)27-14-28-29(37-36-27)30(38-16-21-7-8-22(13-21)17-38)35-31(34-28)40-19-32-9-4-10-39(32)18-24(33)15-32/h2-3,5-6,11-12,14,21-22,24H,4,7-10,13,15-19H2,1H3/t21?,22?,24-,32+/m1/s1. The maximum Gasteiger partial charge on any atom is 0.319 e. The van der Waals surface area contributed by atoms with E-state index in [1.165, 1.54) is 30.2 Å². The predicted octanol–water partition coefficient (Wildman–Crippen LogP) is 5.74. The zero-order valence-corrected chi connectivity index (χ0v) is 23.0. The number of nitrogens with zero attached hydrogens (tertiary/aromatic N) is 6. The van der Waals surface area contributed by atoms with Crippen LogP contribution in [0.3, 0.4) is 0 Å². The van der Waals surface area contributed by atoms with E-state index in [1.54, 1.807) is 0 Å². The molecule has 0 amide bonds. The first-order valence-corrected chi connectivity index (χ1v) is 14.9. The molecule has 0 radical (unpaired) electrons. The first kappa shape index (κ1) is 24.4. The van der Waals surface area contributed by atoms with E-state index in [0.717, 1.165) is 66.0 Å². The van der Waals surface area contributed by atoms with Crippen LogP contribution in [0.25, 0.3) is 33.1 Å². The number of halogens is 1. The Labute approximate surface area is 233 Å². The molecular weight excluding hydrogens is 503 g/mol. The summed E-state index contributed by atoms with van der Waals surface area (Å²) in [6.07, 6.45) is 5.65. The highest BCUT2D eigenvalue weighted by Gasteiger charge is 2.49. The minimum atomic E-state index is -0.789. The van der Waals surface area contributed by atoms with Gasteiger partial charge in [0.05, 0.1) is 11.2 Å². The Morgan fingerprint density at radius 3 is 2.75 bits per heavy atom. The zero-order chi connectivity index (χ0) is 26.8. The molecule has 0 N–H and O–H groups in total. The van der Waals surface area contributed by atoms with Crippen LogP contribution in [0.5, 0.6) is 6.01 Å². The molecule has 4 fully saturated rings. The number of aromatic nitrogens is 4. The molecule has 4 aromatic rings. The van der Waals surface area contributed by atoms with Crippen molar-refractivity contribution in [3.8, 4) is 17.3 Å². The summed E-state index contributed by atoms with van der Waals surface area (Å²) >= 11 is 0. The van der Waals surface area contributed by atoms with Crippen molar-refractivity contribution in [3.63, 3.8) is 0 Å². The first-order chi connectivity index (χ1) is 19.5. The van der Waals surface area contributed by atoms with Gasteiger partial charge in [0.25, 0.3) is 0 Å². The van der Waals surface area contributed by atoms with Crippen LogP contribution in [0.4, 0.5) is 10.2 Å². The zero-order valence-electron chi connectivity index (χ0n) is 23.0. The van der Waals surface area contributed by atoms with E-state index in [0.29, 0.717) is 37.4 Å². The van der Waals surface area contributed by atoms with Gasteiger partial charge in [0, 0.05) is 31.6 Å². The topological polar surface area (TPSA) is 67.3 Å². The summed E-state index contributed by atoms with van der Waals surface area (Å²) in [6.45, 7) is 5.93. The molecular formula is C32H35FN6O. The molecule has 4 aliphatic rings. The van der Waals surface area contributed by atoms with E-state index in [2.05, 4.69) is 53.1 Å². The normalized spacial score (nSPS) is 28.1. The predicted molar refractivity (Wildman–Crippen MR) is 154 cm³/mol. The highest BCUT2D eigenvalue weighted by molar-refractivity contribution is 5.98. The van der Waals surface area contributed by atoms with Crippen LogP contribution in [0.2, 0.25) is 0 Å². The van der Waals surface area contributed by atoms with Crippen molar-refractivity contribution in [2.45, 2.75) is 57.2 Å². The molecule has 3 saturated heterocycles. The third-order valence-electron chi connectivity index (χ3n) is 9.82. The number of hydrogen-bond acceptors (Lipinski definition) is 7. The summed E-state index contributed by atoms with van der Waals surface area (Å²) in [7, 11) is 0. The molecule has 1 saturated carbocycles. The Hall–Kier alpha value is -3.39. The minimum Gasteiger partial charge on any atom is -0.461 e. The molecule has 7 nitrogen and oxygen atoms in total. The molecule has 2 bridgehead atoms. The maximum atomic E-state index is 14.4. The maximum absolute atomic E-state index is 14.4. The highest BCUT2D eigenvalue weighted by Crippen LogP contribution is 2.42. The highest BCUT2D eigenvalue weighted by atomic mass is 19.1. The van der Waals surface area contributed by atoms with Crippen molar-refractivity contribution in [3.05, 3.63) is 48.0 Å². The first-order valence-electron chi connectivity index (χ1n) is 14.9. The van der Waals surface area contributed by atoms with Crippen LogP contribution < -0.4 is 9.64 Å². The second kappa shape index (κ2) is 9.33. The van der Waals surface area contributed by atoms with Crippen molar-refractivity contribution in [1.82, 2.24) is 25.1 Å². The number of hydrogen-bond donors (Lipinski definition) is 0. The van der Waals surface area contributed by atoms with Gasteiger partial charge in [-0.25, -0.2) is 4.39 Å². The summed E-state index contributed by atoms with van der Waals surface area (Å²) in [4.78, 5) is 14.5. The Balaban J connectivity index is 1.21. The van der Waals surface area contributed by atoms with Gasteiger partial charge in [-0.3, -0.25) is 4.90 Å². The van der Waals surface area contributed by atoms with E-state index in [9.17, 15) is 4.39 Å². The molecule has 3 aliphatic heterocycles. The molecule has 8 rings (SSSR count). The molecule has 1 aliphatic carbocycles. The van der Waals surface area contributed by atoms with Gasteiger partial charge in [-0.2, -0.15) is 9.97 Å². The average molecular weight is 539 g/mol. The van der Waals surface area contributed by atoms with Crippen molar-refractivity contribution in [2.24, 2.45) is 11.8 Å². The third kappa shape index (κ3) is 4.10. The van der Waals surface area contributed by atoms with E-state index < -0.39 is 6.17 Å². The van der Waals surface area contributed by atoms with Crippen LogP contribution in [-0.2, 0) is 0 Å². The van der Waals surface area contributed by atoms with Crippen LogP contribution in [-0.4, -0.2) is 69.6 Å². The van der Waals surface area contributed by atoms with Gasteiger partial charge < -0.3 is 9.64 Å². The Kier molecular flexibility index (Phi) is 5.69. The third-order valence-corrected chi connectivity index (χ3v) is 9.82. The van der Waals surface area contributed by atoms with Gasteiger partial charge in [-0.05, 0) is 85.9 Å². The van der Waals surface area contributed by atoms with Crippen molar-refractivity contribution in [1.29, 1.82) is 0 Å². The van der Waals surface area contributed by atoms with Gasteiger partial charge in [-0.1, -0.05) is 30.3 Å². The van der Waals surface area contributed by atoms with E-state index >= 15 is 0 Å². The van der Waals surface area contributed by atoms with E-state index in [1.807, 2.05) is 6.07 Å². The molecule has 206 valence electrons. The van der Waals surface area contributed by atoms with Crippen molar-refractivity contribution < 1.29 is 9.13 Å². The fourth-order valence-corrected chi connectivity index (χ4v) is 8.02. The number of benzene rings is 2.